The van der Waals surface area contributed by atoms with Crippen LogP contribution in [-0.2, 0) is 0 Å². The maximum atomic E-state index is 8.63. The van der Waals surface area contributed by atoms with Gasteiger partial charge in [-0.1, -0.05) is 18.2 Å². The number of anilines is 1. The summed E-state index contributed by atoms with van der Waals surface area (Å²) in [7, 11) is 0. The Labute approximate surface area is 139 Å². The topological polar surface area (TPSA) is 93.3 Å². The molecule has 2 heterocycles. The van der Waals surface area contributed by atoms with Gasteiger partial charge >= 0.3 is 0 Å². The Hall–Kier alpha value is -2.89. The third-order valence-electron chi connectivity index (χ3n) is 4.71. The molecule has 24 heavy (non-hydrogen) atoms. The minimum atomic E-state index is 0.154. The average Bonchev–Trinajstić information content (AvgIpc) is 3.24. The van der Waals surface area contributed by atoms with Crippen molar-refractivity contribution in [3.63, 3.8) is 0 Å². The zero-order valence-corrected chi connectivity index (χ0v) is 13.3. The van der Waals surface area contributed by atoms with Crippen molar-refractivity contribution < 1.29 is 0 Å². The summed E-state index contributed by atoms with van der Waals surface area (Å²) in [5, 5.41) is 20.3. The molecule has 0 radical (unpaired) electrons. The van der Waals surface area contributed by atoms with E-state index in [0.717, 1.165) is 30.5 Å². The van der Waals surface area contributed by atoms with Gasteiger partial charge in [-0.05, 0) is 37.5 Å². The monoisotopic (exact) mass is 320 g/mol. The number of nitrogens with one attached hydrogen (secondary N) is 4. The van der Waals surface area contributed by atoms with E-state index in [-0.39, 0.29) is 11.4 Å². The number of aromatic nitrogens is 3. The molecule has 1 saturated carbocycles. The molecule has 1 aromatic carbocycles. The highest BCUT2D eigenvalue weighted by Crippen LogP contribution is 2.29. The highest BCUT2D eigenvalue weighted by Gasteiger charge is 2.29. The molecule has 0 unspecified atom stereocenters. The molecule has 4 rings (SSSR count). The quantitative estimate of drug-likeness (QED) is 0.441. The molecule has 4 N–H and O–H groups in total. The Morgan fingerprint density at radius 2 is 2.04 bits per heavy atom. The normalized spacial score (nSPS) is 20.3. The van der Waals surface area contributed by atoms with Gasteiger partial charge in [0.15, 0.2) is 5.65 Å². The van der Waals surface area contributed by atoms with Crippen molar-refractivity contribution in [1.82, 2.24) is 14.5 Å². The zero-order valence-electron chi connectivity index (χ0n) is 13.3. The lowest BCUT2D eigenvalue weighted by molar-refractivity contribution is 0.678. The van der Waals surface area contributed by atoms with Crippen LogP contribution in [-0.4, -0.2) is 26.4 Å². The van der Waals surface area contributed by atoms with Crippen LogP contribution in [0.15, 0.2) is 48.8 Å². The number of para-hydroxylation sites is 1. The van der Waals surface area contributed by atoms with E-state index in [9.17, 15) is 0 Å². The second kappa shape index (κ2) is 5.96. The Balaban J connectivity index is 1.54. The Morgan fingerprint density at radius 3 is 2.88 bits per heavy atom. The van der Waals surface area contributed by atoms with E-state index < -0.39 is 0 Å². The SMILES string of the molecule is N=C([C@@H]1CC[C@@H](Nc2ccccc2)C1)n1c(=N)cnc2[nH]ccc21. The molecule has 1 fully saturated rings. The molecule has 0 bridgehead atoms. The third kappa shape index (κ3) is 2.60. The van der Waals surface area contributed by atoms with Crippen molar-refractivity contribution in [2.45, 2.75) is 25.3 Å². The maximum Gasteiger partial charge on any atom is 0.154 e. The number of fused-ring (bicyclic) bond motifs is 1. The number of hydrogen-bond donors (Lipinski definition) is 4. The van der Waals surface area contributed by atoms with E-state index in [0.29, 0.717) is 17.5 Å². The number of nitrogens with zero attached hydrogens (tertiary/aromatic N) is 2. The van der Waals surface area contributed by atoms with Crippen molar-refractivity contribution in [3.8, 4) is 0 Å². The minimum absolute atomic E-state index is 0.154. The van der Waals surface area contributed by atoms with Gasteiger partial charge in [-0.2, -0.15) is 0 Å². The standard InChI is InChI=1S/C18H20N6/c19-16-11-22-18-15(8-9-21-18)24(16)17(20)12-6-7-14(10-12)23-13-4-2-1-3-5-13/h1-5,8-9,11-12,14,19-21,23H,6-7,10H2/t12-,14-/m1/s1. The highest BCUT2D eigenvalue weighted by molar-refractivity contribution is 5.91. The number of aromatic amines is 1. The van der Waals surface area contributed by atoms with Crippen LogP contribution in [0, 0.1) is 16.7 Å². The lowest BCUT2D eigenvalue weighted by atomic mass is 10.1. The molecular formula is C18H20N6. The maximum absolute atomic E-state index is 8.63. The van der Waals surface area contributed by atoms with Crippen LogP contribution in [0.2, 0.25) is 0 Å². The van der Waals surface area contributed by atoms with E-state index in [2.05, 4.69) is 27.4 Å². The van der Waals surface area contributed by atoms with Gasteiger partial charge in [-0.25, -0.2) is 4.98 Å². The van der Waals surface area contributed by atoms with Crippen LogP contribution in [0.4, 0.5) is 5.69 Å². The lowest BCUT2D eigenvalue weighted by Crippen LogP contribution is -2.31. The van der Waals surface area contributed by atoms with Gasteiger partial charge in [0, 0.05) is 23.8 Å². The van der Waals surface area contributed by atoms with E-state index in [1.807, 2.05) is 24.3 Å². The fourth-order valence-corrected chi connectivity index (χ4v) is 3.52. The summed E-state index contributed by atoms with van der Waals surface area (Å²) in [6, 6.07) is 12.5. The lowest BCUT2D eigenvalue weighted by Gasteiger charge is -2.17. The summed E-state index contributed by atoms with van der Waals surface area (Å²) in [4.78, 5) is 7.26. The zero-order chi connectivity index (χ0) is 16.5. The van der Waals surface area contributed by atoms with Crippen molar-refractivity contribution in [2.75, 3.05) is 5.32 Å². The van der Waals surface area contributed by atoms with Crippen molar-refractivity contribution in [3.05, 3.63) is 54.3 Å². The molecule has 0 spiro atoms. The first kappa shape index (κ1) is 14.7. The summed E-state index contributed by atoms with van der Waals surface area (Å²) in [5.41, 5.74) is 2.90. The first-order valence-electron chi connectivity index (χ1n) is 8.22. The van der Waals surface area contributed by atoms with Gasteiger partial charge < -0.3 is 10.3 Å². The number of hydrogen-bond acceptors (Lipinski definition) is 4. The smallest absolute Gasteiger partial charge is 0.154 e. The Kier molecular flexibility index (Phi) is 3.65. The molecule has 1 aliphatic rings. The molecule has 2 aromatic heterocycles. The summed E-state index contributed by atoms with van der Waals surface area (Å²) < 4.78 is 1.70. The Bertz CT molecular complexity index is 923. The minimum Gasteiger partial charge on any atom is -0.382 e. The molecule has 122 valence electrons. The van der Waals surface area contributed by atoms with Gasteiger partial charge in [0.2, 0.25) is 0 Å². The largest absolute Gasteiger partial charge is 0.382 e. The third-order valence-corrected chi connectivity index (χ3v) is 4.71. The number of benzene rings is 1. The molecule has 6 nitrogen and oxygen atoms in total. The first-order chi connectivity index (χ1) is 11.7. The van der Waals surface area contributed by atoms with Crippen molar-refractivity contribution in [1.29, 1.82) is 10.8 Å². The van der Waals surface area contributed by atoms with Crippen LogP contribution in [0.5, 0.6) is 0 Å². The van der Waals surface area contributed by atoms with E-state index in [1.165, 1.54) is 6.20 Å². The summed E-state index contributed by atoms with van der Waals surface area (Å²) in [5.74, 6) is 0.644. The molecular weight excluding hydrogens is 300 g/mol. The molecule has 1 aliphatic carbocycles. The second-order valence-corrected chi connectivity index (χ2v) is 6.29. The van der Waals surface area contributed by atoms with E-state index in [1.54, 1.807) is 10.8 Å². The van der Waals surface area contributed by atoms with E-state index >= 15 is 0 Å². The fourth-order valence-electron chi connectivity index (χ4n) is 3.52. The van der Waals surface area contributed by atoms with Gasteiger partial charge in [-0.3, -0.25) is 15.4 Å². The molecule has 6 heteroatoms. The van der Waals surface area contributed by atoms with Gasteiger partial charge in [0.25, 0.3) is 0 Å². The van der Waals surface area contributed by atoms with Crippen LogP contribution in [0.25, 0.3) is 11.2 Å². The van der Waals surface area contributed by atoms with Gasteiger partial charge in [0.05, 0.1) is 11.7 Å². The summed E-state index contributed by atoms with van der Waals surface area (Å²) in [6.07, 6.45) is 6.22. The molecule has 2 atom stereocenters. The van der Waals surface area contributed by atoms with Crippen molar-refractivity contribution in [2.24, 2.45) is 5.92 Å². The molecule has 0 saturated heterocycles. The van der Waals surface area contributed by atoms with Crippen LogP contribution in [0.3, 0.4) is 0 Å². The molecule has 0 amide bonds. The molecule has 0 aliphatic heterocycles. The second-order valence-electron chi connectivity index (χ2n) is 6.29. The highest BCUT2D eigenvalue weighted by atomic mass is 15.1. The predicted octanol–water partition coefficient (Wildman–Crippen LogP) is 2.95. The number of H-pyrrole nitrogens is 1. The summed E-state index contributed by atoms with van der Waals surface area (Å²) in [6.45, 7) is 0. The van der Waals surface area contributed by atoms with E-state index in [4.69, 9.17) is 10.8 Å². The fraction of sp³-hybridized carbons (Fsp3) is 0.278. The summed E-state index contributed by atoms with van der Waals surface area (Å²) >= 11 is 0. The van der Waals surface area contributed by atoms with Crippen LogP contribution in [0.1, 0.15) is 19.3 Å². The van der Waals surface area contributed by atoms with Crippen molar-refractivity contribution >= 4 is 22.7 Å². The van der Waals surface area contributed by atoms with Crippen LogP contribution < -0.4 is 10.8 Å². The van der Waals surface area contributed by atoms with Crippen LogP contribution >= 0.6 is 0 Å². The predicted molar refractivity (Wildman–Crippen MR) is 94.3 cm³/mol. The average molecular weight is 320 g/mol. The number of rotatable bonds is 3. The van der Waals surface area contributed by atoms with Gasteiger partial charge in [0.1, 0.15) is 11.3 Å². The first-order valence-corrected chi connectivity index (χ1v) is 8.22. The van der Waals surface area contributed by atoms with Gasteiger partial charge in [-0.15, -0.1) is 0 Å². The Morgan fingerprint density at radius 1 is 1.21 bits per heavy atom. The molecule has 3 aromatic rings.